The molecule has 0 fully saturated rings. The zero-order valence-corrected chi connectivity index (χ0v) is 14.1. The Morgan fingerprint density at radius 2 is 1.55 bits per heavy atom. The van der Waals surface area contributed by atoms with E-state index in [1.807, 2.05) is 17.4 Å². The number of benzene rings is 1. The summed E-state index contributed by atoms with van der Waals surface area (Å²) in [6.07, 6.45) is 2.98. The lowest BCUT2D eigenvalue weighted by Crippen LogP contribution is -2.30. The summed E-state index contributed by atoms with van der Waals surface area (Å²) in [5.41, 5.74) is 1.25. The van der Waals surface area contributed by atoms with Gasteiger partial charge in [-0.2, -0.15) is 0 Å². The maximum Gasteiger partial charge on any atom is 0.0298 e. The Hall–Kier alpha value is -0.500. The number of alkyl halides is 2. The van der Waals surface area contributed by atoms with Crippen molar-refractivity contribution in [1.29, 1.82) is 0 Å². The quantitative estimate of drug-likeness (QED) is 0.584. The summed E-state index contributed by atoms with van der Waals surface area (Å²) in [5.74, 6) is 1.18. The molecular formula is C17H20Cl2S. The van der Waals surface area contributed by atoms with Gasteiger partial charge in [0.25, 0.3) is 0 Å². The Kier molecular flexibility index (Phi) is 5.95. The minimum atomic E-state index is -0.0552. The van der Waals surface area contributed by atoms with Crippen molar-refractivity contribution in [2.75, 3.05) is 11.8 Å². The average molecular weight is 327 g/mol. The van der Waals surface area contributed by atoms with Crippen molar-refractivity contribution in [2.45, 2.75) is 26.2 Å². The van der Waals surface area contributed by atoms with Crippen LogP contribution in [0, 0.1) is 5.41 Å². The monoisotopic (exact) mass is 326 g/mol. The summed E-state index contributed by atoms with van der Waals surface area (Å²) in [7, 11) is 0. The first-order chi connectivity index (χ1) is 9.71. The van der Waals surface area contributed by atoms with Crippen molar-refractivity contribution in [3.63, 3.8) is 0 Å². The molecule has 2 aromatic rings. The summed E-state index contributed by atoms with van der Waals surface area (Å²) >= 11 is 14.5. The van der Waals surface area contributed by atoms with Crippen LogP contribution < -0.4 is 0 Å². The second kappa shape index (κ2) is 7.49. The van der Waals surface area contributed by atoms with E-state index in [4.69, 9.17) is 23.2 Å². The molecule has 0 radical (unpaired) electrons. The molecule has 0 atom stereocenters. The third kappa shape index (κ3) is 4.00. The zero-order valence-electron chi connectivity index (χ0n) is 11.7. The SMILES string of the molecule is CCc1ccc(CC(CCl)(CCl)Cc2ccccc2)s1. The first-order valence-electron chi connectivity index (χ1n) is 6.95. The van der Waals surface area contributed by atoms with Gasteiger partial charge in [-0.05, 0) is 37.0 Å². The Morgan fingerprint density at radius 3 is 2.10 bits per heavy atom. The normalized spacial score (nSPS) is 11.8. The molecule has 20 heavy (non-hydrogen) atoms. The highest BCUT2D eigenvalue weighted by molar-refractivity contribution is 7.12. The van der Waals surface area contributed by atoms with E-state index < -0.39 is 0 Å². The van der Waals surface area contributed by atoms with Crippen LogP contribution >= 0.6 is 34.5 Å². The molecule has 0 unspecified atom stereocenters. The fourth-order valence-electron chi connectivity index (χ4n) is 2.39. The van der Waals surface area contributed by atoms with E-state index in [9.17, 15) is 0 Å². The molecule has 0 N–H and O–H groups in total. The van der Waals surface area contributed by atoms with Gasteiger partial charge in [0, 0.05) is 26.9 Å². The number of rotatable bonds is 7. The van der Waals surface area contributed by atoms with E-state index in [2.05, 4.69) is 43.3 Å². The second-order valence-corrected chi connectivity index (χ2v) is 7.12. The molecule has 0 nitrogen and oxygen atoms in total. The molecule has 3 heteroatoms. The Bertz CT molecular complexity index is 515. The topological polar surface area (TPSA) is 0 Å². The van der Waals surface area contributed by atoms with E-state index in [0.29, 0.717) is 11.8 Å². The third-order valence-corrected chi connectivity index (χ3v) is 5.97. The largest absolute Gasteiger partial charge is 0.145 e. The van der Waals surface area contributed by atoms with Crippen molar-refractivity contribution in [1.82, 2.24) is 0 Å². The molecule has 2 rings (SSSR count). The van der Waals surface area contributed by atoms with Crippen LogP contribution in [-0.4, -0.2) is 11.8 Å². The highest BCUT2D eigenvalue weighted by Crippen LogP contribution is 2.33. The molecular weight excluding hydrogens is 307 g/mol. The molecule has 1 heterocycles. The molecule has 0 amide bonds. The Morgan fingerprint density at radius 1 is 0.900 bits per heavy atom. The van der Waals surface area contributed by atoms with E-state index >= 15 is 0 Å². The molecule has 0 bridgehead atoms. The van der Waals surface area contributed by atoms with Crippen LogP contribution in [0.4, 0.5) is 0 Å². The fraction of sp³-hybridized carbons (Fsp3) is 0.412. The maximum atomic E-state index is 6.29. The lowest BCUT2D eigenvalue weighted by atomic mass is 9.81. The highest BCUT2D eigenvalue weighted by Gasteiger charge is 2.29. The standard InChI is InChI=1S/C17H20Cl2S/c1-2-15-8-9-16(20-15)11-17(12-18,13-19)10-14-6-4-3-5-7-14/h3-9H,2,10-13H2,1H3. The van der Waals surface area contributed by atoms with Crippen LogP contribution in [-0.2, 0) is 19.3 Å². The maximum absolute atomic E-state index is 6.29. The van der Waals surface area contributed by atoms with Gasteiger partial charge in [0.15, 0.2) is 0 Å². The minimum Gasteiger partial charge on any atom is -0.145 e. The van der Waals surface area contributed by atoms with Crippen molar-refractivity contribution in [3.8, 4) is 0 Å². The molecule has 1 aromatic carbocycles. The van der Waals surface area contributed by atoms with Crippen LogP contribution in [0.3, 0.4) is 0 Å². The fourth-order valence-corrected chi connectivity index (χ4v) is 4.19. The van der Waals surface area contributed by atoms with Crippen LogP contribution in [0.25, 0.3) is 0 Å². The average Bonchev–Trinajstić information content (AvgIpc) is 2.95. The predicted molar refractivity (Wildman–Crippen MR) is 91.4 cm³/mol. The van der Waals surface area contributed by atoms with Gasteiger partial charge in [0.05, 0.1) is 0 Å². The smallest absolute Gasteiger partial charge is 0.0298 e. The summed E-state index contributed by atoms with van der Waals surface area (Å²) in [6, 6.07) is 14.9. The van der Waals surface area contributed by atoms with Crippen molar-refractivity contribution < 1.29 is 0 Å². The predicted octanol–water partition coefficient (Wildman–Crippen LogP) is 5.56. The molecule has 0 aliphatic heterocycles. The van der Waals surface area contributed by atoms with Crippen LogP contribution in [0.1, 0.15) is 22.2 Å². The Balaban J connectivity index is 2.16. The van der Waals surface area contributed by atoms with E-state index in [1.54, 1.807) is 0 Å². The van der Waals surface area contributed by atoms with E-state index in [-0.39, 0.29) is 5.41 Å². The summed E-state index contributed by atoms with van der Waals surface area (Å²) in [6.45, 7) is 2.19. The van der Waals surface area contributed by atoms with E-state index in [0.717, 1.165) is 19.3 Å². The first kappa shape index (κ1) is 15.9. The molecule has 0 aliphatic rings. The van der Waals surface area contributed by atoms with Crippen molar-refractivity contribution in [3.05, 3.63) is 57.8 Å². The lowest BCUT2D eigenvalue weighted by Gasteiger charge is -2.29. The summed E-state index contributed by atoms with van der Waals surface area (Å²) < 4.78 is 0. The minimum absolute atomic E-state index is 0.0552. The van der Waals surface area contributed by atoms with Gasteiger partial charge in [-0.3, -0.25) is 0 Å². The lowest BCUT2D eigenvalue weighted by molar-refractivity contribution is 0.377. The number of aryl methyl sites for hydroxylation is 1. The van der Waals surface area contributed by atoms with Crippen LogP contribution in [0.2, 0.25) is 0 Å². The van der Waals surface area contributed by atoms with Crippen molar-refractivity contribution >= 4 is 34.5 Å². The van der Waals surface area contributed by atoms with Gasteiger partial charge in [-0.1, -0.05) is 37.3 Å². The van der Waals surface area contributed by atoms with Gasteiger partial charge in [0.2, 0.25) is 0 Å². The molecule has 0 saturated heterocycles. The first-order valence-corrected chi connectivity index (χ1v) is 8.83. The molecule has 1 aromatic heterocycles. The number of halogens is 2. The van der Waals surface area contributed by atoms with Crippen LogP contribution in [0.15, 0.2) is 42.5 Å². The van der Waals surface area contributed by atoms with Gasteiger partial charge in [0.1, 0.15) is 0 Å². The molecule has 0 aliphatic carbocycles. The summed E-state index contributed by atoms with van der Waals surface area (Å²) in [4.78, 5) is 2.82. The molecule has 108 valence electrons. The van der Waals surface area contributed by atoms with Crippen molar-refractivity contribution in [2.24, 2.45) is 5.41 Å². The highest BCUT2D eigenvalue weighted by atomic mass is 35.5. The van der Waals surface area contributed by atoms with E-state index in [1.165, 1.54) is 15.3 Å². The van der Waals surface area contributed by atoms with Gasteiger partial charge < -0.3 is 0 Å². The van der Waals surface area contributed by atoms with Gasteiger partial charge in [-0.15, -0.1) is 34.5 Å². The molecule has 0 saturated carbocycles. The zero-order chi connectivity index (χ0) is 14.4. The molecule has 0 spiro atoms. The van der Waals surface area contributed by atoms with Gasteiger partial charge >= 0.3 is 0 Å². The number of thiophene rings is 1. The number of hydrogen-bond donors (Lipinski definition) is 0. The van der Waals surface area contributed by atoms with Crippen LogP contribution in [0.5, 0.6) is 0 Å². The van der Waals surface area contributed by atoms with Gasteiger partial charge in [-0.25, -0.2) is 0 Å². The third-order valence-electron chi connectivity index (χ3n) is 3.60. The number of hydrogen-bond acceptors (Lipinski definition) is 1. The summed E-state index contributed by atoms with van der Waals surface area (Å²) in [5, 5.41) is 0. The second-order valence-electron chi connectivity index (χ2n) is 5.33. The Labute approximate surface area is 135 Å².